The van der Waals surface area contributed by atoms with Crippen molar-refractivity contribution < 1.29 is 0 Å². The molecule has 3 rings (SSSR count). The first-order chi connectivity index (χ1) is 10.5. The molecule has 0 amide bonds. The van der Waals surface area contributed by atoms with Gasteiger partial charge in [-0.15, -0.1) is 0 Å². The van der Waals surface area contributed by atoms with Gasteiger partial charge in [0.25, 0.3) is 11.1 Å². The van der Waals surface area contributed by atoms with Gasteiger partial charge in [-0.3, -0.25) is 9.59 Å². The third kappa shape index (κ3) is 2.77. The maximum atomic E-state index is 12.0. The Morgan fingerprint density at radius 1 is 1.18 bits per heavy atom. The molecule has 0 spiro atoms. The number of aromatic amines is 2. The molecule has 7 nitrogen and oxygen atoms in total. The Morgan fingerprint density at radius 3 is 2.73 bits per heavy atom. The van der Waals surface area contributed by atoms with Gasteiger partial charge in [0.15, 0.2) is 5.82 Å². The van der Waals surface area contributed by atoms with Gasteiger partial charge in [-0.2, -0.15) is 0 Å². The van der Waals surface area contributed by atoms with Gasteiger partial charge < -0.3 is 15.3 Å². The van der Waals surface area contributed by atoms with Crippen LogP contribution in [-0.4, -0.2) is 24.9 Å². The summed E-state index contributed by atoms with van der Waals surface area (Å²) in [6.07, 6.45) is 0. The average molecular weight is 313 g/mol. The fourth-order valence-corrected chi connectivity index (χ4v) is 2.21. The first kappa shape index (κ1) is 14.1. The van der Waals surface area contributed by atoms with Crippen LogP contribution in [0.4, 0.5) is 5.82 Å². The van der Waals surface area contributed by atoms with Crippen molar-refractivity contribution in [3.8, 4) is 0 Å². The Balaban J connectivity index is 1.98. The summed E-state index contributed by atoms with van der Waals surface area (Å²) in [6, 6.07) is 8.24. The highest BCUT2D eigenvalue weighted by Gasteiger charge is 2.09. The van der Waals surface area contributed by atoms with Crippen molar-refractivity contribution in [2.75, 3.05) is 5.32 Å². The highest BCUT2D eigenvalue weighted by Crippen LogP contribution is 2.07. The molecule has 1 aromatic carbocycles. The lowest BCUT2D eigenvalue weighted by Crippen LogP contribution is -2.22. The number of benzene rings is 1. The van der Waals surface area contributed by atoms with Crippen LogP contribution in [0, 0.1) is 6.92 Å². The molecule has 0 aliphatic rings. The van der Waals surface area contributed by atoms with Crippen LogP contribution >= 0.6 is 12.2 Å². The smallest absolute Gasteiger partial charge is 0.259 e. The zero-order chi connectivity index (χ0) is 15.7. The Kier molecular flexibility index (Phi) is 3.51. The Labute approximate surface area is 129 Å². The van der Waals surface area contributed by atoms with E-state index in [9.17, 15) is 9.59 Å². The van der Waals surface area contributed by atoms with Gasteiger partial charge in [0.1, 0.15) is 16.6 Å². The van der Waals surface area contributed by atoms with Crippen molar-refractivity contribution in [3.05, 3.63) is 62.7 Å². The number of nitrogens with one attached hydrogen (secondary N) is 3. The molecule has 0 bridgehead atoms. The summed E-state index contributed by atoms with van der Waals surface area (Å²) in [6.45, 7) is 1.66. The molecule has 2 aromatic heterocycles. The summed E-state index contributed by atoms with van der Waals surface area (Å²) < 4.78 is 0. The molecule has 0 atom stereocenters. The molecule has 0 radical (unpaired) electrons. The summed E-state index contributed by atoms with van der Waals surface area (Å²) in [5.74, 6) is 0.971. The second-order valence-electron chi connectivity index (χ2n) is 4.60. The van der Waals surface area contributed by atoms with Crippen LogP contribution < -0.4 is 16.4 Å². The van der Waals surface area contributed by atoms with Crippen molar-refractivity contribution in [2.45, 2.75) is 6.92 Å². The second-order valence-corrected chi connectivity index (χ2v) is 5.01. The number of thiocarbonyl (C=S) groups is 1. The number of aromatic nitrogens is 4. The maximum Gasteiger partial charge on any atom is 0.259 e. The number of anilines is 1. The van der Waals surface area contributed by atoms with E-state index in [-0.39, 0.29) is 21.9 Å². The van der Waals surface area contributed by atoms with Crippen molar-refractivity contribution in [2.24, 2.45) is 0 Å². The van der Waals surface area contributed by atoms with Gasteiger partial charge >= 0.3 is 0 Å². The molecule has 8 heteroatoms. The Hall–Kier alpha value is -2.87. The van der Waals surface area contributed by atoms with Gasteiger partial charge in [-0.25, -0.2) is 9.97 Å². The molecule has 0 aliphatic carbocycles. The standard InChI is InChI=1S/C14H11N5O2S/c1-7-15-10(6-11(20)16-7)18-14(22)12-17-9-5-3-2-4-8(9)13(21)19-12/h2-6H,1H3,(H,17,19,21)(H2,15,16,18,20,22). The molecule has 0 unspecified atom stereocenters. The predicted octanol–water partition coefficient (Wildman–Crippen LogP) is 1.10. The minimum Gasteiger partial charge on any atom is -0.328 e. The molecule has 110 valence electrons. The number of H-pyrrole nitrogens is 2. The zero-order valence-electron chi connectivity index (χ0n) is 11.5. The van der Waals surface area contributed by atoms with Crippen LogP contribution in [0.25, 0.3) is 10.9 Å². The Bertz CT molecular complexity index is 992. The highest BCUT2D eigenvalue weighted by molar-refractivity contribution is 7.81. The van der Waals surface area contributed by atoms with E-state index in [1.54, 1.807) is 31.2 Å². The van der Waals surface area contributed by atoms with Gasteiger partial charge in [-0.1, -0.05) is 24.4 Å². The fraction of sp³-hybridized carbons (Fsp3) is 0.0714. The molecule has 0 fully saturated rings. The van der Waals surface area contributed by atoms with Crippen molar-refractivity contribution in [3.63, 3.8) is 0 Å². The minimum absolute atomic E-state index is 0.181. The van der Waals surface area contributed by atoms with Crippen LogP contribution in [0.3, 0.4) is 0 Å². The number of nitrogens with zero attached hydrogens (tertiary/aromatic N) is 2. The minimum atomic E-state index is -0.294. The van der Waals surface area contributed by atoms with Crippen molar-refractivity contribution >= 4 is 33.9 Å². The summed E-state index contributed by atoms with van der Waals surface area (Å²) >= 11 is 5.22. The fourth-order valence-electron chi connectivity index (χ4n) is 2.01. The lowest BCUT2D eigenvalue weighted by molar-refractivity contribution is 1.02. The Morgan fingerprint density at radius 2 is 1.95 bits per heavy atom. The topological polar surface area (TPSA) is 104 Å². The predicted molar refractivity (Wildman–Crippen MR) is 87.3 cm³/mol. The second kappa shape index (κ2) is 5.49. The van der Waals surface area contributed by atoms with Crippen molar-refractivity contribution in [1.82, 2.24) is 19.9 Å². The number of aryl methyl sites for hydroxylation is 1. The third-order valence-electron chi connectivity index (χ3n) is 2.93. The molecule has 3 N–H and O–H groups in total. The molecule has 0 saturated carbocycles. The molecule has 22 heavy (non-hydrogen) atoms. The molecule has 0 saturated heterocycles. The van der Waals surface area contributed by atoms with E-state index in [1.807, 2.05) is 0 Å². The third-order valence-corrected chi connectivity index (χ3v) is 3.23. The SMILES string of the molecule is Cc1nc(NC(=S)c2nc3ccccc3c(=O)[nH]2)cc(=O)[nH]1. The molecular formula is C14H11N5O2S. The van der Waals surface area contributed by atoms with E-state index in [4.69, 9.17) is 12.2 Å². The van der Waals surface area contributed by atoms with Crippen molar-refractivity contribution in [1.29, 1.82) is 0 Å². The largest absolute Gasteiger partial charge is 0.328 e. The summed E-state index contributed by atoms with van der Waals surface area (Å²) in [4.78, 5) is 37.2. The molecule has 3 aromatic rings. The highest BCUT2D eigenvalue weighted by atomic mass is 32.1. The lowest BCUT2D eigenvalue weighted by atomic mass is 10.2. The van der Waals surface area contributed by atoms with Crippen LogP contribution in [0.1, 0.15) is 11.6 Å². The quantitative estimate of drug-likeness (QED) is 0.612. The van der Waals surface area contributed by atoms with Crippen LogP contribution in [0.5, 0.6) is 0 Å². The van der Waals surface area contributed by atoms with Gasteiger partial charge in [0, 0.05) is 6.07 Å². The first-order valence-electron chi connectivity index (χ1n) is 6.41. The number of fused-ring (bicyclic) bond motifs is 1. The molecule has 2 heterocycles. The molecule has 0 aliphatic heterocycles. The zero-order valence-corrected chi connectivity index (χ0v) is 12.3. The van der Waals surface area contributed by atoms with Crippen LogP contribution in [-0.2, 0) is 0 Å². The van der Waals surface area contributed by atoms with E-state index in [2.05, 4.69) is 25.3 Å². The summed E-state index contributed by atoms with van der Waals surface area (Å²) in [5, 5.41) is 3.28. The van der Waals surface area contributed by atoms with Gasteiger partial charge in [0.05, 0.1) is 10.9 Å². The lowest BCUT2D eigenvalue weighted by Gasteiger charge is -2.07. The normalized spacial score (nSPS) is 10.6. The van der Waals surface area contributed by atoms with Gasteiger partial charge in [-0.05, 0) is 19.1 Å². The van der Waals surface area contributed by atoms with Crippen LogP contribution in [0.15, 0.2) is 39.9 Å². The number of hydrogen-bond donors (Lipinski definition) is 3. The summed E-state index contributed by atoms with van der Waals surface area (Å²) in [7, 11) is 0. The number of para-hydroxylation sites is 1. The maximum absolute atomic E-state index is 12.0. The van der Waals surface area contributed by atoms with Crippen LogP contribution in [0.2, 0.25) is 0 Å². The summed E-state index contributed by atoms with van der Waals surface area (Å²) in [5.41, 5.74) is -0.0296. The average Bonchev–Trinajstić information content (AvgIpc) is 2.46. The van der Waals surface area contributed by atoms with E-state index in [0.717, 1.165) is 0 Å². The van der Waals surface area contributed by atoms with E-state index in [1.165, 1.54) is 6.07 Å². The number of rotatable bonds is 2. The van der Waals surface area contributed by atoms with E-state index >= 15 is 0 Å². The first-order valence-corrected chi connectivity index (χ1v) is 6.82. The monoisotopic (exact) mass is 313 g/mol. The number of hydrogen-bond acceptors (Lipinski definition) is 5. The van der Waals surface area contributed by atoms with E-state index < -0.39 is 0 Å². The van der Waals surface area contributed by atoms with Gasteiger partial charge in [0.2, 0.25) is 0 Å². The van der Waals surface area contributed by atoms with E-state index in [0.29, 0.717) is 22.5 Å². The molecular weight excluding hydrogens is 302 g/mol.